The highest BCUT2D eigenvalue weighted by molar-refractivity contribution is 5.82. The Labute approximate surface area is 120 Å². The van der Waals surface area contributed by atoms with Crippen molar-refractivity contribution < 1.29 is 0 Å². The average Bonchev–Trinajstić information content (AvgIpc) is 2.42. The third kappa shape index (κ3) is 2.20. The Hall–Kier alpha value is -2.15. The molecule has 20 heavy (non-hydrogen) atoms. The van der Waals surface area contributed by atoms with Crippen molar-refractivity contribution in [3.63, 3.8) is 0 Å². The second-order valence-electron chi connectivity index (χ2n) is 5.64. The van der Waals surface area contributed by atoms with Crippen LogP contribution in [0.1, 0.15) is 22.3 Å². The number of rotatable bonds is 1. The molecular formula is C19H19N. The molecule has 100 valence electrons. The van der Waals surface area contributed by atoms with E-state index >= 15 is 0 Å². The van der Waals surface area contributed by atoms with Crippen LogP contribution in [-0.2, 0) is 0 Å². The molecule has 0 radical (unpaired) electrons. The highest BCUT2D eigenvalue weighted by atomic mass is 14.7. The smallest absolute Gasteiger partial charge is 0.0712 e. The van der Waals surface area contributed by atoms with Crippen LogP contribution in [0.25, 0.3) is 22.2 Å². The number of hydrogen-bond acceptors (Lipinski definition) is 1. The molecule has 3 rings (SSSR count). The van der Waals surface area contributed by atoms with Gasteiger partial charge in [-0.1, -0.05) is 23.8 Å². The van der Waals surface area contributed by atoms with Crippen LogP contribution in [0.4, 0.5) is 0 Å². The Morgan fingerprint density at radius 1 is 0.700 bits per heavy atom. The summed E-state index contributed by atoms with van der Waals surface area (Å²) < 4.78 is 0. The zero-order valence-electron chi connectivity index (χ0n) is 12.5. The lowest BCUT2D eigenvalue weighted by atomic mass is 9.98. The van der Waals surface area contributed by atoms with E-state index in [1.807, 2.05) is 0 Å². The van der Waals surface area contributed by atoms with Gasteiger partial charge in [0.2, 0.25) is 0 Å². The molecule has 0 atom stereocenters. The predicted molar refractivity (Wildman–Crippen MR) is 86.1 cm³/mol. The van der Waals surface area contributed by atoms with Crippen molar-refractivity contribution >= 4 is 10.9 Å². The largest absolute Gasteiger partial charge is 0.248 e. The van der Waals surface area contributed by atoms with Gasteiger partial charge in [0, 0.05) is 10.9 Å². The molecule has 0 aliphatic rings. The lowest BCUT2D eigenvalue weighted by Gasteiger charge is -2.10. The van der Waals surface area contributed by atoms with E-state index in [4.69, 9.17) is 4.98 Å². The summed E-state index contributed by atoms with van der Waals surface area (Å²) in [5.41, 5.74) is 8.56. The summed E-state index contributed by atoms with van der Waals surface area (Å²) in [6.07, 6.45) is 0. The molecule has 0 aliphatic heterocycles. The van der Waals surface area contributed by atoms with Gasteiger partial charge < -0.3 is 0 Å². The molecule has 0 fully saturated rings. The summed E-state index contributed by atoms with van der Waals surface area (Å²) in [6, 6.07) is 15.2. The fourth-order valence-corrected chi connectivity index (χ4v) is 2.63. The van der Waals surface area contributed by atoms with E-state index in [-0.39, 0.29) is 0 Å². The lowest BCUT2D eigenvalue weighted by Crippen LogP contribution is -1.92. The number of hydrogen-bond donors (Lipinski definition) is 0. The molecule has 0 saturated carbocycles. The first-order chi connectivity index (χ1) is 9.54. The Balaban J connectivity index is 2.20. The van der Waals surface area contributed by atoms with E-state index in [9.17, 15) is 0 Å². The second-order valence-corrected chi connectivity index (χ2v) is 5.64. The maximum absolute atomic E-state index is 4.82. The van der Waals surface area contributed by atoms with Crippen LogP contribution >= 0.6 is 0 Å². The predicted octanol–water partition coefficient (Wildman–Crippen LogP) is 5.14. The summed E-state index contributed by atoms with van der Waals surface area (Å²) in [4.78, 5) is 4.82. The maximum atomic E-state index is 4.82. The summed E-state index contributed by atoms with van der Waals surface area (Å²) >= 11 is 0. The first-order valence-electron chi connectivity index (χ1n) is 7.00. The van der Waals surface area contributed by atoms with Gasteiger partial charge >= 0.3 is 0 Å². The van der Waals surface area contributed by atoms with E-state index < -0.39 is 0 Å². The SMILES string of the molecule is Cc1ccc2nc(-c3cc(C)c(C)cc3C)ccc2c1. The lowest BCUT2D eigenvalue weighted by molar-refractivity contribution is 1.28. The highest BCUT2D eigenvalue weighted by Gasteiger charge is 2.07. The van der Waals surface area contributed by atoms with Gasteiger partial charge in [-0.2, -0.15) is 0 Å². The summed E-state index contributed by atoms with van der Waals surface area (Å²) in [5, 5.41) is 1.20. The Morgan fingerprint density at radius 3 is 2.25 bits per heavy atom. The minimum atomic E-state index is 1.06. The number of benzene rings is 2. The normalized spacial score (nSPS) is 11.0. The van der Waals surface area contributed by atoms with E-state index in [0.717, 1.165) is 11.2 Å². The standard InChI is InChI=1S/C19H19N/c1-12-5-7-18-16(9-12)6-8-19(20-18)17-11-14(3)13(2)10-15(17)4/h5-11H,1-4H3. The Kier molecular flexibility index (Phi) is 3.06. The van der Waals surface area contributed by atoms with Crippen LogP contribution < -0.4 is 0 Å². The molecule has 1 aromatic heterocycles. The molecule has 1 nitrogen and oxygen atoms in total. The third-order valence-electron chi connectivity index (χ3n) is 3.96. The fourth-order valence-electron chi connectivity index (χ4n) is 2.63. The second kappa shape index (κ2) is 4.75. The number of nitrogens with zero attached hydrogens (tertiary/aromatic N) is 1. The van der Waals surface area contributed by atoms with Crippen molar-refractivity contribution in [3.05, 3.63) is 64.7 Å². The first kappa shape index (κ1) is 12.9. The van der Waals surface area contributed by atoms with Crippen molar-refractivity contribution in [2.75, 3.05) is 0 Å². The van der Waals surface area contributed by atoms with E-state index in [1.54, 1.807) is 0 Å². The van der Waals surface area contributed by atoms with Crippen molar-refractivity contribution in [1.82, 2.24) is 4.98 Å². The topological polar surface area (TPSA) is 12.9 Å². The van der Waals surface area contributed by atoms with Gasteiger partial charge in [-0.15, -0.1) is 0 Å². The molecule has 0 bridgehead atoms. The zero-order valence-corrected chi connectivity index (χ0v) is 12.5. The minimum absolute atomic E-state index is 1.06. The highest BCUT2D eigenvalue weighted by Crippen LogP contribution is 2.27. The number of aromatic nitrogens is 1. The van der Waals surface area contributed by atoms with Gasteiger partial charge in [0.05, 0.1) is 11.2 Å². The fraction of sp³-hybridized carbons (Fsp3) is 0.211. The van der Waals surface area contributed by atoms with E-state index in [2.05, 4.69) is 70.2 Å². The molecule has 2 aromatic carbocycles. The van der Waals surface area contributed by atoms with Crippen molar-refractivity contribution in [3.8, 4) is 11.3 Å². The van der Waals surface area contributed by atoms with Gasteiger partial charge in [0.15, 0.2) is 0 Å². The quantitative estimate of drug-likeness (QED) is 0.591. The van der Waals surface area contributed by atoms with Gasteiger partial charge in [-0.3, -0.25) is 0 Å². The van der Waals surface area contributed by atoms with Gasteiger partial charge in [-0.05, 0) is 68.7 Å². The molecule has 3 aromatic rings. The molecule has 0 spiro atoms. The molecule has 0 aliphatic carbocycles. The molecule has 1 heteroatoms. The van der Waals surface area contributed by atoms with Crippen LogP contribution in [0.5, 0.6) is 0 Å². The summed E-state index contributed by atoms with van der Waals surface area (Å²) in [6.45, 7) is 8.58. The molecular weight excluding hydrogens is 242 g/mol. The van der Waals surface area contributed by atoms with Crippen LogP contribution in [0, 0.1) is 27.7 Å². The molecule has 0 saturated heterocycles. The molecule has 0 unspecified atom stereocenters. The van der Waals surface area contributed by atoms with Crippen LogP contribution in [0.2, 0.25) is 0 Å². The van der Waals surface area contributed by atoms with Gasteiger partial charge in [0.25, 0.3) is 0 Å². The van der Waals surface area contributed by atoms with Crippen molar-refractivity contribution in [1.29, 1.82) is 0 Å². The molecule has 1 heterocycles. The summed E-state index contributed by atoms with van der Waals surface area (Å²) in [7, 11) is 0. The number of pyridine rings is 1. The minimum Gasteiger partial charge on any atom is -0.248 e. The summed E-state index contributed by atoms with van der Waals surface area (Å²) in [5.74, 6) is 0. The first-order valence-corrected chi connectivity index (χ1v) is 7.00. The maximum Gasteiger partial charge on any atom is 0.0712 e. The van der Waals surface area contributed by atoms with Gasteiger partial charge in [-0.25, -0.2) is 4.98 Å². The van der Waals surface area contributed by atoms with E-state index in [1.165, 1.54) is 33.2 Å². The monoisotopic (exact) mass is 261 g/mol. The zero-order chi connectivity index (χ0) is 14.3. The number of aryl methyl sites for hydroxylation is 4. The third-order valence-corrected chi connectivity index (χ3v) is 3.96. The Bertz CT molecular complexity index is 800. The van der Waals surface area contributed by atoms with Crippen molar-refractivity contribution in [2.45, 2.75) is 27.7 Å². The van der Waals surface area contributed by atoms with E-state index in [0.29, 0.717) is 0 Å². The van der Waals surface area contributed by atoms with Crippen LogP contribution in [0.15, 0.2) is 42.5 Å². The van der Waals surface area contributed by atoms with Gasteiger partial charge in [0.1, 0.15) is 0 Å². The van der Waals surface area contributed by atoms with Crippen LogP contribution in [0.3, 0.4) is 0 Å². The number of fused-ring (bicyclic) bond motifs is 1. The molecule has 0 N–H and O–H groups in total. The van der Waals surface area contributed by atoms with Crippen molar-refractivity contribution in [2.24, 2.45) is 0 Å². The average molecular weight is 261 g/mol. The van der Waals surface area contributed by atoms with Crippen LogP contribution in [-0.4, -0.2) is 4.98 Å². The molecule has 0 amide bonds. The Morgan fingerprint density at radius 2 is 1.45 bits per heavy atom.